The number of rotatable bonds is 7. The van der Waals surface area contributed by atoms with Crippen LogP contribution in [0.3, 0.4) is 0 Å². The summed E-state index contributed by atoms with van der Waals surface area (Å²) in [6.07, 6.45) is 2.79. The molecule has 0 fully saturated rings. The average molecular weight is 347 g/mol. The summed E-state index contributed by atoms with van der Waals surface area (Å²) < 4.78 is 13.3. The molecule has 0 radical (unpaired) electrons. The van der Waals surface area contributed by atoms with E-state index in [4.69, 9.17) is 0 Å². The smallest absolute Gasteiger partial charge is 0.191 e. The third-order valence-corrected chi connectivity index (χ3v) is 4.12. The number of benzene rings is 1. The van der Waals surface area contributed by atoms with Crippen LogP contribution in [-0.2, 0) is 6.42 Å². The van der Waals surface area contributed by atoms with Crippen LogP contribution in [0.25, 0.3) is 10.9 Å². The lowest BCUT2D eigenvalue weighted by molar-refractivity contribution is 0.241. The van der Waals surface area contributed by atoms with Crippen LogP contribution in [0.4, 0.5) is 4.39 Å². The molecule has 0 aliphatic rings. The van der Waals surface area contributed by atoms with Crippen molar-refractivity contribution in [3.63, 3.8) is 0 Å². The van der Waals surface area contributed by atoms with Gasteiger partial charge in [-0.3, -0.25) is 4.99 Å². The topological polar surface area (TPSA) is 55.5 Å². The van der Waals surface area contributed by atoms with E-state index in [1.165, 1.54) is 17.7 Å². The first-order valence-electron chi connectivity index (χ1n) is 8.65. The zero-order chi connectivity index (χ0) is 18.4. The summed E-state index contributed by atoms with van der Waals surface area (Å²) in [5, 5.41) is 7.81. The maximum Gasteiger partial charge on any atom is 0.191 e. The van der Waals surface area contributed by atoms with E-state index >= 15 is 0 Å². The Balaban J connectivity index is 1.84. The number of aliphatic imine (C=N–C) groups is 1. The monoisotopic (exact) mass is 347 g/mol. The summed E-state index contributed by atoms with van der Waals surface area (Å²) in [6.45, 7) is 7.08. The number of hydrogen-bond acceptors (Lipinski definition) is 2. The van der Waals surface area contributed by atoms with Gasteiger partial charge >= 0.3 is 0 Å². The van der Waals surface area contributed by atoms with E-state index in [1.54, 1.807) is 7.05 Å². The molecule has 0 amide bonds. The van der Waals surface area contributed by atoms with E-state index in [0.29, 0.717) is 0 Å². The average Bonchev–Trinajstić information content (AvgIpc) is 2.91. The summed E-state index contributed by atoms with van der Waals surface area (Å²) in [5.74, 6) is 0.585. The van der Waals surface area contributed by atoms with Gasteiger partial charge in [-0.1, -0.05) is 13.8 Å². The van der Waals surface area contributed by atoms with Gasteiger partial charge in [-0.05, 0) is 49.7 Å². The second kappa shape index (κ2) is 8.34. The maximum absolute atomic E-state index is 13.3. The van der Waals surface area contributed by atoms with Gasteiger partial charge in [0.2, 0.25) is 0 Å². The predicted molar refractivity (Wildman–Crippen MR) is 104 cm³/mol. The molecule has 6 heteroatoms. The van der Waals surface area contributed by atoms with Crippen molar-refractivity contribution in [2.45, 2.75) is 20.3 Å². The molecule has 0 bridgehead atoms. The standard InChI is InChI=1S/C19H30FN5/c1-19(2,13-25(4)5)12-24-18(21-3)22-9-8-14-11-23-17-10-15(20)6-7-16(14)17/h6-7,10-11,23H,8-9,12-13H2,1-5H3,(H2,21,22,24). The first-order valence-corrected chi connectivity index (χ1v) is 8.65. The molecule has 5 nitrogen and oxygen atoms in total. The third-order valence-electron chi connectivity index (χ3n) is 4.12. The van der Waals surface area contributed by atoms with Gasteiger partial charge in [0.1, 0.15) is 5.82 Å². The second-order valence-corrected chi connectivity index (χ2v) is 7.51. The largest absolute Gasteiger partial charge is 0.361 e. The zero-order valence-electron chi connectivity index (χ0n) is 15.9. The normalized spacial score (nSPS) is 12.8. The van der Waals surface area contributed by atoms with E-state index < -0.39 is 0 Å². The van der Waals surface area contributed by atoms with E-state index in [9.17, 15) is 4.39 Å². The SMILES string of the molecule is CN=C(NCCc1c[nH]c2cc(F)ccc12)NCC(C)(C)CN(C)C. The summed E-state index contributed by atoms with van der Waals surface area (Å²) >= 11 is 0. The van der Waals surface area contributed by atoms with Gasteiger partial charge < -0.3 is 20.5 Å². The first-order chi connectivity index (χ1) is 11.8. The maximum atomic E-state index is 13.3. The minimum Gasteiger partial charge on any atom is -0.361 e. The summed E-state index contributed by atoms with van der Waals surface area (Å²) in [7, 11) is 5.95. The number of hydrogen-bond donors (Lipinski definition) is 3. The molecule has 1 aromatic heterocycles. The van der Waals surface area contributed by atoms with Gasteiger partial charge in [0.05, 0.1) is 0 Å². The molecule has 3 N–H and O–H groups in total. The third kappa shape index (κ3) is 5.74. The number of nitrogens with zero attached hydrogens (tertiary/aromatic N) is 2. The fourth-order valence-electron chi connectivity index (χ4n) is 3.14. The minimum atomic E-state index is -0.219. The molecule has 0 atom stereocenters. The molecule has 1 aromatic carbocycles. The Morgan fingerprint density at radius 3 is 2.72 bits per heavy atom. The van der Waals surface area contributed by atoms with Crippen molar-refractivity contribution in [3.8, 4) is 0 Å². The quantitative estimate of drug-likeness (QED) is 0.533. The molecule has 2 rings (SSSR count). The van der Waals surface area contributed by atoms with Crippen molar-refractivity contribution in [1.82, 2.24) is 20.5 Å². The summed E-state index contributed by atoms with van der Waals surface area (Å²) in [4.78, 5) is 9.60. The van der Waals surface area contributed by atoms with Gasteiger partial charge in [-0.15, -0.1) is 0 Å². The van der Waals surface area contributed by atoms with Crippen molar-refractivity contribution in [2.24, 2.45) is 10.4 Å². The van der Waals surface area contributed by atoms with E-state index in [-0.39, 0.29) is 11.2 Å². The Hall–Kier alpha value is -2.08. The fourth-order valence-corrected chi connectivity index (χ4v) is 3.14. The molecule has 0 aliphatic carbocycles. The summed E-state index contributed by atoms with van der Waals surface area (Å²) in [5.41, 5.74) is 2.16. The van der Waals surface area contributed by atoms with Crippen LogP contribution in [0.2, 0.25) is 0 Å². The van der Waals surface area contributed by atoms with Gasteiger partial charge in [0.25, 0.3) is 0 Å². The zero-order valence-corrected chi connectivity index (χ0v) is 15.9. The van der Waals surface area contributed by atoms with Crippen molar-refractivity contribution in [3.05, 3.63) is 35.8 Å². The molecule has 2 aromatic rings. The molecule has 0 saturated carbocycles. The molecule has 138 valence electrons. The first kappa shape index (κ1) is 19.2. The Kier molecular flexibility index (Phi) is 6.42. The highest BCUT2D eigenvalue weighted by atomic mass is 19.1. The second-order valence-electron chi connectivity index (χ2n) is 7.51. The van der Waals surface area contributed by atoms with Crippen molar-refractivity contribution < 1.29 is 4.39 Å². The van der Waals surface area contributed by atoms with E-state index in [2.05, 4.69) is 53.5 Å². The Labute approximate surface area is 149 Å². The molecular formula is C19H30FN5. The lowest BCUT2D eigenvalue weighted by atomic mass is 9.93. The number of H-pyrrole nitrogens is 1. The Morgan fingerprint density at radius 2 is 2.04 bits per heavy atom. The number of guanidine groups is 1. The van der Waals surface area contributed by atoms with E-state index in [0.717, 1.165) is 42.9 Å². The number of aromatic amines is 1. The van der Waals surface area contributed by atoms with Crippen molar-refractivity contribution >= 4 is 16.9 Å². The van der Waals surface area contributed by atoms with Crippen molar-refractivity contribution in [1.29, 1.82) is 0 Å². The minimum absolute atomic E-state index is 0.155. The molecule has 0 spiro atoms. The predicted octanol–water partition coefficient (Wildman–Crippen LogP) is 2.60. The van der Waals surface area contributed by atoms with Gasteiger partial charge in [-0.25, -0.2) is 4.39 Å². The number of nitrogens with one attached hydrogen (secondary N) is 3. The molecule has 1 heterocycles. The van der Waals surface area contributed by atoms with E-state index in [1.807, 2.05) is 12.3 Å². The number of aromatic nitrogens is 1. The highest BCUT2D eigenvalue weighted by Crippen LogP contribution is 2.19. The molecule has 0 saturated heterocycles. The fraction of sp³-hybridized carbons (Fsp3) is 0.526. The number of fused-ring (bicyclic) bond motifs is 1. The van der Waals surface area contributed by atoms with Crippen LogP contribution in [0.1, 0.15) is 19.4 Å². The Bertz CT molecular complexity index is 718. The highest BCUT2D eigenvalue weighted by Gasteiger charge is 2.19. The Morgan fingerprint density at radius 1 is 1.28 bits per heavy atom. The van der Waals surface area contributed by atoms with Crippen LogP contribution in [0, 0.1) is 11.2 Å². The molecule has 25 heavy (non-hydrogen) atoms. The lowest BCUT2D eigenvalue weighted by Gasteiger charge is -2.29. The lowest BCUT2D eigenvalue weighted by Crippen LogP contribution is -2.45. The molecule has 0 aliphatic heterocycles. The van der Waals surface area contributed by atoms with Crippen molar-refractivity contribution in [2.75, 3.05) is 40.8 Å². The highest BCUT2D eigenvalue weighted by molar-refractivity contribution is 5.83. The number of halogens is 1. The van der Waals surface area contributed by atoms with Gasteiger partial charge in [-0.2, -0.15) is 0 Å². The van der Waals surface area contributed by atoms with Crippen LogP contribution >= 0.6 is 0 Å². The van der Waals surface area contributed by atoms with Crippen LogP contribution in [0.5, 0.6) is 0 Å². The van der Waals surface area contributed by atoms with Crippen LogP contribution in [0.15, 0.2) is 29.4 Å². The van der Waals surface area contributed by atoms with Gasteiger partial charge in [0.15, 0.2) is 5.96 Å². The summed E-state index contributed by atoms with van der Waals surface area (Å²) in [6, 6.07) is 4.85. The van der Waals surface area contributed by atoms with Crippen LogP contribution < -0.4 is 10.6 Å². The van der Waals surface area contributed by atoms with Gasteiger partial charge in [0, 0.05) is 43.8 Å². The molecule has 0 unspecified atom stereocenters. The molecular weight excluding hydrogens is 317 g/mol. The van der Waals surface area contributed by atoms with Crippen LogP contribution in [-0.4, -0.2) is 56.6 Å².